The molecule has 12 nitrogen and oxygen atoms in total. The highest BCUT2D eigenvalue weighted by atomic mass is 31.2. The van der Waals surface area contributed by atoms with E-state index in [4.69, 9.17) is 0 Å². The van der Waals surface area contributed by atoms with E-state index in [1.54, 1.807) is 17.2 Å². The minimum atomic E-state index is -5.04. The van der Waals surface area contributed by atoms with Crippen LogP contribution in [0.3, 0.4) is 0 Å². The second kappa shape index (κ2) is 13.1. The van der Waals surface area contributed by atoms with Gasteiger partial charge in [-0.15, -0.1) is 0 Å². The number of hydrogen-bond acceptors (Lipinski definition) is 6. The summed E-state index contributed by atoms with van der Waals surface area (Å²) in [6, 6.07) is 10.5. The number of nitrogens with one attached hydrogen (secondary N) is 1. The first-order valence-corrected chi connectivity index (χ1v) is 17.4. The number of hydrogen-bond donors (Lipinski definition) is 3. The summed E-state index contributed by atoms with van der Waals surface area (Å²) in [6.45, 7) is 2.81. The van der Waals surface area contributed by atoms with E-state index < -0.39 is 37.4 Å². The predicted octanol–water partition coefficient (Wildman–Crippen LogP) is 3.11. The van der Waals surface area contributed by atoms with E-state index >= 15 is 0 Å². The summed E-state index contributed by atoms with van der Waals surface area (Å²) >= 11 is 0. The Bertz CT molecular complexity index is 1750. The third-order valence-corrected chi connectivity index (χ3v) is 10.5. The molecule has 4 heterocycles. The molecule has 6 rings (SSSR count). The van der Waals surface area contributed by atoms with Gasteiger partial charge >= 0.3 is 7.60 Å². The molecule has 2 unspecified atom stereocenters. The zero-order chi connectivity index (χ0) is 33.5. The maximum absolute atomic E-state index is 14.4. The predicted molar refractivity (Wildman–Crippen MR) is 170 cm³/mol. The molecule has 248 valence electrons. The molecule has 5 atom stereocenters. The highest BCUT2D eigenvalue weighted by Gasteiger charge is 2.47. The number of halogens is 1. The summed E-state index contributed by atoms with van der Waals surface area (Å²) in [7, 11) is -5.04. The summed E-state index contributed by atoms with van der Waals surface area (Å²) in [5.41, 5.74) is 0.976. The Balaban J connectivity index is 1.23. The lowest BCUT2D eigenvalue weighted by Crippen LogP contribution is -2.61. The van der Waals surface area contributed by atoms with Crippen LogP contribution in [0.2, 0.25) is 0 Å². The Hall–Kier alpha value is -4.19. The first-order chi connectivity index (χ1) is 22.4. The van der Waals surface area contributed by atoms with Crippen LogP contribution in [0.5, 0.6) is 0 Å². The van der Waals surface area contributed by atoms with Crippen LogP contribution in [0, 0.1) is 0 Å². The Labute approximate surface area is 271 Å². The van der Waals surface area contributed by atoms with E-state index in [0.717, 1.165) is 12.0 Å². The third-order valence-electron chi connectivity index (χ3n) is 9.58. The van der Waals surface area contributed by atoms with Gasteiger partial charge in [0.05, 0.1) is 0 Å². The number of nitrogens with zero attached hydrogens (tertiary/aromatic N) is 4. The lowest BCUT2D eigenvalue weighted by atomic mass is 10.0. The molecular formula is C33H37FN5O7P. The second-order valence-corrected chi connectivity index (χ2v) is 14.2. The monoisotopic (exact) mass is 665 g/mol. The van der Waals surface area contributed by atoms with Crippen LogP contribution in [0.1, 0.15) is 65.9 Å². The van der Waals surface area contributed by atoms with Crippen LogP contribution in [-0.4, -0.2) is 97.4 Å². The third kappa shape index (κ3) is 6.79. The second-order valence-electron chi connectivity index (χ2n) is 12.6. The highest BCUT2D eigenvalue weighted by molar-refractivity contribution is 7.51. The maximum Gasteiger partial charge on any atom is 0.363 e. The van der Waals surface area contributed by atoms with Gasteiger partial charge in [0.15, 0.2) is 0 Å². The molecule has 3 N–H and O–H groups in total. The summed E-state index contributed by atoms with van der Waals surface area (Å²) < 4.78 is 25.9. The van der Waals surface area contributed by atoms with E-state index in [9.17, 15) is 37.9 Å². The highest BCUT2D eigenvalue weighted by Crippen LogP contribution is 2.53. The quantitative estimate of drug-likeness (QED) is 0.339. The lowest BCUT2D eigenvalue weighted by molar-refractivity contribution is -0.148. The van der Waals surface area contributed by atoms with Gasteiger partial charge in [0.1, 0.15) is 12.1 Å². The largest absolute Gasteiger partial charge is 0.363 e. The summed E-state index contributed by atoms with van der Waals surface area (Å²) in [5.74, 6) is -3.76. The van der Waals surface area contributed by atoms with Crippen molar-refractivity contribution in [3.63, 3.8) is 0 Å². The van der Waals surface area contributed by atoms with E-state index in [2.05, 4.69) is 10.3 Å². The SMILES string of the molecule is CC(=O)N1CC[C@H]2CC[C@@H](C(=O)N3CCC(c4cccnc4)C3)N2C(=O)[C@@H](NC(=O)c2ccc3ccc(C(F)P(=O)(O)O)cc3c2)C1. The van der Waals surface area contributed by atoms with Gasteiger partial charge in [-0.05, 0) is 71.8 Å². The van der Waals surface area contributed by atoms with Gasteiger partial charge in [-0.1, -0.05) is 24.3 Å². The van der Waals surface area contributed by atoms with Gasteiger partial charge in [-0.3, -0.25) is 28.7 Å². The number of aromatic nitrogens is 1. The Morgan fingerprint density at radius 1 is 0.979 bits per heavy atom. The molecule has 1 aromatic heterocycles. The van der Waals surface area contributed by atoms with E-state index in [-0.39, 0.29) is 41.4 Å². The molecule has 3 fully saturated rings. The number of alkyl halides is 1. The first kappa shape index (κ1) is 32.7. The summed E-state index contributed by atoms with van der Waals surface area (Å²) in [4.78, 5) is 81.9. The summed E-state index contributed by atoms with van der Waals surface area (Å²) in [6.07, 6.45) is 5.93. The Morgan fingerprint density at radius 2 is 1.74 bits per heavy atom. The van der Waals surface area contributed by atoms with Crippen molar-refractivity contribution < 1.29 is 37.9 Å². The molecular weight excluding hydrogens is 628 g/mol. The minimum absolute atomic E-state index is 0.0691. The van der Waals surface area contributed by atoms with E-state index in [1.807, 2.05) is 23.2 Å². The van der Waals surface area contributed by atoms with Crippen molar-refractivity contribution in [3.8, 4) is 0 Å². The molecule has 0 spiro atoms. The fraction of sp³-hybridized carbons (Fsp3) is 0.424. The molecule has 0 saturated carbocycles. The molecule has 47 heavy (non-hydrogen) atoms. The number of fused-ring (bicyclic) bond motifs is 2. The van der Waals surface area contributed by atoms with Crippen LogP contribution >= 0.6 is 7.60 Å². The maximum atomic E-state index is 14.4. The molecule has 0 aliphatic carbocycles. The molecule has 0 bridgehead atoms. The van der Waals surface area contributed by atoms with Gasteiger partial charge < -0.3 is 29.8 Å². The minimum Gasteiger partial charge on any atom is -0.340 e. The average molecular weight is 666 g/mol. The van der Waals surface area contributed by atoms with Crippen molar-refractivity contribution in [2.24, 2.45) is 0 Å². The molecule has 3 saturated heterocycles. The lowest BCUT2D eigenvalue weighted by Gasteiger charge is -2.39. The molecule has 14 heteroatoms. The van der Waals surface area contributed by atoms with Gasteiger partial charge in [0.2, 0.25) is 23.6 Å². The number of likely N-dealkylation sites (tertiary alicyclic amines) is 1. The van der Waals surface area contributed by atoms with Gasteiger partial charge in [0.25, 0.3) is 5.91 Å². The van der Waals surface area contributed by atoms with Crippen LogP contribution < -0.4 is 5.32 Å². The van der Waals surface area contributed by atoms with Crippen LogP contribution in [0.15, 0.2) is 60.9 Å². The number of carbonyl (C=O) groups is 4. The van der Waals surface area contributed by atoms with Crippen LogP contribution in [0.4, 0.5) is 4.39 Å². The number of amides is 4. The van der Waals surface area contributed by atoms with Crippen molar-refractivity contribution in [2.75, 3.05) is 26.2 Å². The molecule has 4 amide bonds. The number of rotatable bonds is 6. The van der Waals surface area contributed by atoms with Crippen molar-refractivity contribution >= 4 is 42.0 Å². The van der Waals surface area contributed by atoms with Gasteiger partial charge in [0, 0.05) is 63.0 Å². The number of pyridine rings is 1. The molecule has 3 aliphatic heterocycles. The fourth-order valence-electron chi connectivity index (χ4n) is 7.06. The Kier molecular flexibility index (Phi) is 9.15. The topological polar surface area (TPSA) is 160 Å². The number of benzene rings is 2. The Morgan fingerprint density at radius 3 is 2.47 bits per heavy atom. The standard InChI is InChI=1S/C33H37FN5O7P/c1-20(40)37-14-11-27-8-9-29(33(43)38-13-10-25(18-38)24-3-2-12-35-17-24)39(27)32(42)28(19-37)36-31(41)23-7-5-21-4-6-22(15-26(21)16-23)30(34)47(44,45)46/h2-7,12,15-17,25,27-30H,8-11,13-14,18-19H2,1H3,(H,36,41)(H2,44,45,46)/t25?,27-,28+,29+,30?/m1/s1. The van der Waals surface area contributed by atoms with Crippen molar-refractivity contribution in [2.45, 2.75) is 62.6 Å². The molecule has 2 aromatic carbocycles. The fourth-order valence-corrected chi connectivity index (χ4v) is 7.61. The van der Waals surface area contributed by atoms with Gasteiger partial charge in [-0.2, -0.15) is 0 Å². The van der Waals surface area contributed by atoms with Gasteiger partial charge in [-0.25, -0.2) is 4.39 Å². The van der Waals surface area contributed by atoms with E-state index in [0.29, 0.717) is 49.7 Å². The van der Waals surface area contributed by atoms with E-state index in [1.165, 1.54) is 42.2 Å². The van der Waals surface area contributed by atoms with Crippen molar-refractivity contribution in [1.29, 1.82) is 0 Å². The number of carbonyl (C=O) groups excluding carboxylic acids is 4. The van der Waals surface area contributed by atoms with Crippen LogP contribution in [-0.2, 0) is 18.9 Å². The smallest absolute Gasteiger partial charge is 0.340 e. The van der Waals surface area contributed by atoms with Crippen LogP contribution in [0.25, 0.3) is 10.8 Å². The normalized spacial score (nSPS) is 24.1. The molecule has 3 aromatic rings. The van der Waals surface area contributed by atoms with Crippen molar-refractivity contribution in [1.82, 2.24) is 25.0 Å². The summed E-state index contributed by atoms with van der Waals surface area (Å²) in [5, 5.41) is 3.77. The first-order valence-electron chi connectivity index (χ1n) is 15.7. The molecule has 3 aliphatic rings. The molecule has 0 radical (unpaired) electrons. The zero-order valence-corrected chi connectivity index (χ0v) is 26.8. The van der Waals surface area contributed by atoms with Crippen molar-refractivity contribution in [3.05, 3.63) is 77.6 Å². The average Bonchev–Trinajstić information content (AvgIpc) is 3.72. The zero-order valence-electron chi connectivity index (χ0n) is 25.9.